The lowest BCUT2D eigenvalue weighted by Crippen LogP contribution is -2.42. The van der Waals surface area contributed by atoms with Crippen molar-refractivity contribution >= 4 is 66.6 Å². The minimum Gasteiger partial charge on any atom is -0.506 e. The van der Waals surface area contributed by atoms with Gasteiger partial charge in [-0.1, -0.05) is 130 Å². The number of aliphatic hydroxyl groups excluding tert-OH is 2. The molecule has 4 aromatic carbocycles. The molecule has 0 fully saturated rings. The van der Waals surface area contributed by atoms with E-state index in [4.69, 9.17) is 34.2 Å². The lowest BCUT2D eigenvalue weighted by Gasteiger charge is -2.33. The number of nitrogens with one attached hydrogen (secondary N) is 1. The first kappa shape index (κ1) is 61.0. The molecule has 2 unspecified atom stereocenters. The van der Waals surface area contributed by atoms with E-state index in [0.717, 1.165) is 32.0 Å². The van der Waals surface area contributed by atoms with Gasteiger partial charge in [0.2, 0.25) is 0 Å². The molecule has 1 aliphatic rings. The van der Waals surface area contributed by atoms with E-state index < -0.39 is 37.0 Å². The van der Waals surface area contributed by atoms with Crippen LogP contribution in [-0.2, 0) is 44.9 Å². The summed E-state index contributed by atoms with van der Waals surface area (Å²) in [7, 11) is -3.52. The summed E-state index contributed by atoms with van der Waals surface area (Å²) in [6, 6.07) is 16.4. The molecular formula is C53H74NO13PS4. The molecule has 4 aromatic rings. The maximum absolute atomic E-state index is 13.8. The molecule has 5 rings (SSSR count). The van der Waals surface area contributed by atoms with Crippen LogP contribution in [0.1, 0.15) is 133 Å². The summed E-state index contributed by atoms with van der Waals surface area (Å²) in [6.45, 7) is 34.1. The molecular weight excluding hydrogens is 1020 g/mol. The third-order valence-corrected chi connectivity index (χ3v) is 18.4. The van der Waals surface area contributed by atoms with Gasteiger partial charge in [-0.15, -0.1) is 0 Å². The highest BCUT2D eigenvalue weighted by atomic mass is 32.2. The van der Waals surface area contributed by atoms with Crippen molar-refractivity contribution in [3.05, 3.63) is 70.8 Å². The zero-order valence-corrected chi connectivity index (χ0v) is 48.4. The second-order valence-electron chi connectivity index (χ2n) is 21.9. The molecule has 0 saturated carbocycles. The summed E-state index contributed by atoms with van der Waals surface area (Å²) in [6.07, 6.45) is -4.53. The number of rotatable bonds is 13. The van der Waals surface area contributed by atoms with Crippen molar-refractivity contribution in [1.82, 2.24) is 5.32 Å². The zero-order valence-electron chi connectivity index (χ0n) is 44.3. The second-order valence-corrected chi connectivity index (χ2v) is 28.9. The van der Waals surface area contributed by atoms with E-state index in [1.54, 1.807) is 13.8 Å². The Hall–Kier alpha value is -3.55. The van der Waals surface area contributed by atoms with Gasteiger partial charge < -0.3 is 49.5 Å². The van der Waals surface area contributed by atoms with Gasteiger partial charge in [0.1, 0.15) is 34.9 Å². The van der Waals surface area contributed by atoms with Crippen molar-refractivity contribution in [2.45, 2.75) is 189 Å². The third-order valence-electron chi connectivity index (χ3n) is 11.5. The summed E-state index contributed by atoms with van der Waals surface area (Å²) in [5, 5.41) is 71.6. The fourth-order valence-electron chi connectivity index (χ4n) is 6.87. The predicted octanol–water partition coefficient (Wildman–Crippen LogP) is 12.8. The number of benzene rings is 4. The molecule has 0 aliphatic carbocycles. The molecule has 19 heteroatoms. The molecule has 72 heavy (non-hydrogen) atoms. The zero-order chi connectivity index (χ0) is 54.7. The average Bonchev–Trinajstić information content (AvgIpc) is 3.24. The number of phenols is 3. The van der Waals surface area contributed by atoms with Crippen molar-refractivity contribution in [3.63, 3.8) is 0 Å². The van der Waals surface area contributed by atoms with E-state index >= 15 is 0 Å². The highest BCUT2D eigenvalue weighted by Gasteiger charge is 2.43. The SMILES string of the molecule is CCOP(=O)(OCC)C(C)(C)NCCOc1c2cc(C(C)(C)C)cc1Sc1cc(C(C)(C)C)cc(c1O)Sc1cc(C(C)(C)C)cc(c1O)Sc1cc(C(C)(C)C)cc(c1O)S2.O=C(O)C(O)C(O)C(=O)O. The van der Waals surface area contributed by atoms with Gasteiger partial charge >= 0.3 is 19.5 Å². The number of aliphatic carboxylic acids is 2. The molecule has 8 bridgehead atoms. The van der Waals surface area contributed by atoms with Gasteiger partial charge in [0.25, 0.3) is 0 Å². The number of aromatic hydroxyl groups is 3. The van der Waals surface area contributed by atoms with Gasteiger partial charge in [0.05, 0.1) is 52.4 Å². The third kappa shape index (κ3) is 15.1. The number of phenolic OH excluding ortho intramolecular Hbond substituents is 3. The largest absolute Gasteiger partial charge is 0.506 e. The summed E-state index contributed by atoms with van der Waals surface area (Å²) in [5.41, 5.74) is 3.07. The number of fused-ring (bicyclic) bond motifs is 8. The number of ether oxygens (including phenoxy) is 1. The number of aliphatic hydroxyl groups is 2. The van der Waals surface area contributed by atoms with Gasteiger partial charge in [-0.05, 0) is 120 Å². The van der Waals surface area contributed by atoms with Gasteiger partial charge in [0.15, 0.2) is 12.2 Å². The van der Waals surface area contributed by atoms with Crippen molar-refractivity contribution in [3.8, 4) is 23.0 Å². The second kappa shape index (κ2) is 23.6. The molecule has 14 nitrogen and oxygen atoms in total. The maximum atomic E-state index is 13.8. The molecule has 0 saturated heterocycles. The Kier molecular flexibility index (Phi) is 20.0. The van der Waals surface area contributed by atoms with Crippen molar-refractivity contribution in [2.24, 2.45) is 0 Å². The topological polar surface area (TPSA) is 233 Å². The van der Waals surface area contributed by atoms with Crippen LogP contribution in [0.5, 0.6) is 23.0 Å². The van der Waals surface area contributed by atoms with Crippen LogP contribution in [0.2, 0.25) is 0 Å². The molecule has 0 radical (unpaired) electrons. The van der Waals surface area contributed by atoms with Crippen LogP contribution in [0.4, 0.5) is 0 Å². The standard InChI is InChI=1S/C49H68NO7PS4.C4H6O6/c1-17-56-58(54,57-18-2)49(15,16)50-19-20-55-44-39-27-32(48(12,13)14)28-40(44)62-38-26-31(47(9,10)11)24-36(43(38)53)60-34-22-29(45(3,4)5)21-33(41(34)51)59-35-23-30(46(6,7)8)25-37(61-39)42(35)52;5-1(3(7)8)2(6)4(9)10/h21-28,50-53H,17-20H2,1-16H3;1-2,5-6H,(H,7,8)(H,9,10). The van der Waals surface area contributed by atoms with Crippen LogP contribution in [0.25, 0.3) is 0 Å². The Balaban J connectivity index is 0.00000101. The fourth-order valence-corrected chi connectivity index (χ4v) is 13.0. The first-order valence-corrected chi connectivity index (χ1v) is 28.4. The molecule has 1 aliphatic heterocycles. The van der Waals surface area contributed by atoms with Crippen molar-refractivity contribution < 1.29 is 63.7 Å². The smallest absolute Gasteiger partial charge is 0.349 e. The van der Waals surface area contributed by atoms with Crippen LogP contribution >= 0.6 is 54.6 Å². The first-order valence-electron chi connectivity index (χ1n) is 23.6. The molecule has 0 aromatic heterocycles. The number of hydrogen-bond donors (Lipinski definition) is 8. The highest BCUT2D eigenvalue weighted by molar-refractivity contribution is 8.01. The Morgan fingerprint density at radius 3 is 1.00 bits per heavy atom. The quantitative estimate of drug-likeness (QED) is 0.0404. The molecule has 398 valence electrons. The summed E-state index contributed by atoms with van der Waals surface area (Å²) < 4.78 is 32.1. The Labute approximate surface area is 442 Å². The van der Waals surface area contributed by atoms with E-state index in [0.29, 0.717) is 41.7 Å². The number of carboxylic acids is 2. The highest BCUT2D eigenvalue weighted by Crippen LogP contribution is 2.59. The summed E-state index contributed by atoms with van der Waals surface area (Å²) in [4.78, 5) is 24.9. The van der Waals surface area contributed by atoms with Crippen LogP contribution in [0.15, 0.2) is 87.7 Å². The molecule has 8 N–H and O–H groups in total. The first-order chi connectivity index (χ1) is 32.9. The molecule has 0 amide bonds. The molecule has 1 heterocycles. The van der Waals surface area contributed by atoms with Gasteiger partial charge in [-0.2, -0.15) is 0 Å². The lowest BCUT2D eigenvalue weighted by molar-refractivity contribution is -0.165. The Morgan fingerprint density at radius 1 is 0.514 bits per heavy atom. The van der Waals surface area contributed by atoms with Gasteiger partial charge in [-0.3, -0.25) is 9.88 Å². The molecule has 0 spiro atoms. The van der Waals surface area contributed by atoms with E-state index in [-0.39, 0.29) is 58.7 Å². The van der Waals surface area contributed by atoms with Crippen LogP contribution < -0.4 is 10.1 Å². The van der Waals surface area contributed by atoms with Gasteiger partial charge in [-0.25, -0.2) is 9.59 Å². The van der Waals surface area contributed by atoms with Gasteiger partial charge in [0, 0.05) is 6.54 Å². The monoisotopic (exact) mass is 1090 g/mol. The maximum Gasteiger partial charge on any atom is 0.349 e. The molecule has 2 atom stereocenters. The van der Waals surface area contributed by atoms with Crippen molar-refractivity contribution in [1.29, 1.82) is 0 Å². The Morgan fingerprint density at radius 2 is 0.764 bits per heavy atom. The van der Waals surface area contributed by atoms with Crippen LogP contribution in [0, 0.1) is 0 Å². The minimum atomic E-state index is -3.52. The van der Waals surface area contributed by atoms with Crippen LogP contribution in [-0.4, -0.2) is 91.5 Å². The van der Waals surface area contributed by atoms with E-state index in [9.17, 15) is 29.5 Å². The van der Waals surface area contributed by atoms with E-state index in [2.05, 4.69) is 101 Å². The van der Waals surface area contributed by atoms with E-state index in [1.807, 2.05) is 50.2 Å². The number of hydrogen-bond acceptors (Lipinski definition) is 16. The predicted molar refractivity (Wildman–Crippen MR) is 288 cm³/mol. The average molecular weight is 1090 g/mol. The normalized spacial score (nSPS) is 14.5. The van der Waals surface area contributed by atoms with Crippen LogP contribution in [0.3, 0.4) is 0 Å². The van der Waals surface area contributed by atoms with E-state index in [1.165, 1.54) is 47.0 Å². The number of carbonyl (C=O) groups is 2. The summed E-state index contributed by atoms with van der Waals surface area (Å²) in [5.74, 6) is -2.62. The number of carboxylic acid groups (broad SMARTS) is 2. The summed E-state index contributed by atoms with van der Waals surface area (Å²) >= 11 is 5.55. The minimum absolute atomic E-state index is 0.0935. The van der Waals surface area contributed by atoms with Crippen molar-refractivity contribution in [2.75, 3.05) is 26.4 Å². The fraction of sp³-hybridized carbons (Fsp3) is 0.509. The lowest BCUT2D eigenvalue weighted by atomic mass is 9.87. The Bertz CT molecular complexity index is 2520.